The van der Waals surface area contributed by atoms with Crippen molar-refractivity contribution in [1.29, 1.82) is 5.26 Å². The minimum Gasteiger partial charge on any atom is -0.379 e. The van der Waals surface area contributed by atoms with E-state index in [9.17, 15) is 18.4 Å². The van der Waals surface area contributed by atoms with E-state index in [-0.39, 0.29) is 10.7 Å². The van der Waals surface area contributed by atoms with E-state index in [1.54, 1.807) is 17.5 Å². The van der Waals surface area contributed by atoms with E-state index >= 15 is 0 Å². The highest BCUT2D eigenvalue weighted by atomic mass is 35.5. The Morgan fingerprint density at radius 2 is 2.04 bits per heavy atom. The third kappa shape index (κ3) is 3.25. The van der Waals surface area contributed by atoms with Crippen LogP contribution in [0.15, 0.2) is 29.8 Å². The average Bonchev–Trinajstić information content (AvgIpc) is 3.12. The van der Waals surface area contributed by atoms with Crippen LogP contribution in [0.2, 0.25) is 5.02 Å². The van der Waals surface area contributed by atoms with Crippen molar-refractivity contribution < 1.29 is 17.9 Å². The molecule has 25 heavy (non-hydrogen) atoms. The molecule has 2 aromatic heterocycles. The highest BCUT2D eigenvalue weighted by molar-refractivity contribution is 7.10. The minimum absolute atomic E-state index is 0.106. The van der Waals surface area contributed by atoms with E-state index in [2.05, 4.69) is 11.1 Å². The van der Waals surface area contributed by atoms with E-state index < -0.39 is 17.3 Å². The predicted molar refractivity (Wildman–Crippen MR) is 87.4 cm³/mol. The number of thiophene rings is 1. The molecule has 3 heterocycles. The maximum Gasteiger partial charge on any atom is 0.417 e. The fourth-order valence-corrected chi connectivity index (χ4v) is 4.05. The van der Waals surface area contributed by atoms with Gasteiger partial charge in [-0.25, -0.2) is 0 Å². The summed E-state index contributed by atoms with van der Waals surface area (Å²) in [5, 5.41) is 11.7. The molecule has 0 amide bonds. The topological polar surface area (TPSA) is 49.2 Å². The Labute approximate surface area is 151 Å². The monoisotopic (exact) mass is 387 g/mol. The SMILES string of the molecule is N#C[C@@](c1cccs1)(c1ncc(C(F)(F)F)cc1Cl)N1CCOCC1. The van der Waals surface area contributed by atoms with Gasteiger partial charge in [0.15, 0.2) is 5.54 Å². The van der Waals surface area contributed by atoms with Gasteiger partial charge in [0, 0.05) is 24.2 Å². The molecular weight excluding hydrogens is 375 g/mol. The van der Waals surface area contributed by atoms with Crippen molar-refractivity contribution >= 4 is 22.9 Å². The van der Waals surface area contributed by atoms with E-state index in [4.69, 9.17) is 16.3 Å². The maximum absolute atomic E-state index is 12.9. The summed E-state index contributed by atoms with van der Waals surface area (Å²) in [6.07, 6.45) is -3.83. The molecule has 3 rings (SSSR count). The number of halogens is 4. The number of rotatable bonds is 3. The molecule has 132 valence electrons. The van der Waals surface area contributed by atoms with Crippen molar-refractivity contribution in [2.24, 2.45) is 0 Å². The molecule has 0 bridgehead atoms. The largest absolute Gasteiger partial charge is 0.417 e. The highest BCUT2D eigenvalue weighted by Gasteiger charge is 2.46. The summed E-state index contributed by atoms with van der Waals surface area (Å²) < 4.78 is 44.1. The van der Waals surface area contributed by atoms with Gasteiger partial charge in [-0.1, -0.05) is 17.7 Å². The summed E-state index contributed by atoms with van der Waals surface area (Å²) in [7, 11) is 0. The van der Waals surface area contributed by atoms with Gasteiger partial charge >= 0.3 is 6.18 Å². The van der Waals surface area contributed by atoms with Gasteiger partial charge in [0.05, 0.1) is 35.6 Å². The molecule has 0 aromatic carbocycles. The Morgan fingerprint density at radius 3 is 2.56 bits per heavy atom. The van der Waals surface area contributed by atoms with Crippen LogP contribution < -0.4 is 0 Å². The summed E-state index contributed by atoms with van der Waals surface area (Å²) in [5.74, 6) is 0. The smallest absolute Gasteiger partial charge is 0.379 e. The first-order valence-corrected chi connectivity index (χ1v) is 8.66. The number of aromatic nitrogens is 1. The summed E-state index contributed by atoms with van der Waals surface area (Å²) >= 11 is 7.50. The molecule has 9 heteroatoms. The van der Waals surface area contributed by atoms with E-state index in [0.717, 1.165) is 12.3 Å². The molecule has 4 nitrogen and oxygen atoms in total. The second kappa shape index (κ2) is 6.92. The zero-order valence-electron chi connectivity index (χ0n) is 12.9. The average molecular weight is 388 g/mol. The fraction of sp³-hybridized carbons (Fsp3) is 0.375. The summed E-state index contributed by atoms with van der Waals surface area (Å²) in [5.41, 5.74) is -2.19. The number of alkyl halides is 3. The van der Waals surface area contributed by atoms with Crippen LogP contribution in [0.4, 0.5) is 13.2 Å². The lowest BCUT2D eigenvalue weighted by atomic mass is 9.90. The summed E-state index contributed by atoms with van der Waals surface area (Å²) in [4.78, 5) is 6.48. The van der Waals surface area contributed by atoms with Crippen LogP contribution in [0.3, 0.4) is 0 Å². The second-order valence-electron chi connectivity index (χ2n) is 5.45. The number of nitriles is 1. The third-order valence-corrected chi connectivity index (χ3v) is 5.30. The zero-order valence-corrected chi connectivity index (χ0v) is 14.5. The first kappa shape index (κ1) is 18.1. The van der Waals surface area contributed by atoms with E-state index in [1.807, 2.05) is 4.90 Å². The molecule has 0 unspecified atom stereocenters. The molecule has 1 aliphatic heterocycles. The van der Waals surface area contributed by atoms with Crippen molar-refractivity contribution in [3.63, 3.8) is 0 Å². The van der Waals surface area contributed by atoms with Crippen molar-refractivity contribution in [3.8, 4) is 6.07 Å². The number of morpholine rings is 1. The third-order valence-electron chi connectivity index (χ3n) is 4.04. The Morgan fingerprint density at radius 1 is 1.32 bits per heavy atom. The van der Waals surface area contributed by atoms with Gasteiger partial charge in [-0.3, -0.25) is 9.88 Å². The van der Waals surface area contributed by atoms with Crippen LogP contribution >= 0.6 is 22.9 Å². The lowest BCUT2D eigenvalue weighted by Gasteiger charge is -2.40. The number of pyridine rings is 1. The first-order valence-electron chi connectivity index (χ1n) is 7.41. The van der Waals surface area contributed by atoms with E-state index in [0.29, 0.717) is 31.2 Å². The molecule has 2 aromatic rings. The first-order chi connectivity index (χ1) is 11.9. The normalized spacial score (nSPS) is 18.5. The van der Waals surface area contributed by atoms with Gasteiger partial charge < -0.3 is 4.74 Å². The molecule has 0 N–H and O–H groups in total. The van der Waals surface area contributed by atoms with E-state index in [1.165, 1.54) is 11.3 Å². The molecule has 0 radical (unpaired) electrons. The Balaban J connectivity index is 2.17. The van der Waals surface area contributed by atoms with Gasteiger partial charge in [0.1, 0.15) is 0 Å². The minimum atomic E-state index is -4.55. The number of hydrogen-bond acceptors (Lipinski definition) is 5. The molecule has 0 spiro atoms. The van der Waals surface area contributed by atoms with Crippen LogP contribution in [0, 0.1) is 11.3 Å². The number of nitrogens with zero attached hydrogens (tertiary/aromatic N) is 3. The van der Waals surface area contributed by atoms with Crippen molar-refractivity contribution in [3.05, 3.63) is 50.9 Å². The lowest BCUT2D eigenvalue weighted by Crippen LogP contribution is -2.51. The Hall–Kier alpha value is -1.66. The van der Waals surface area contributed by atoms with Crippen LogP contribution in [0.5, 0.6) is 0 Å². The highest BCUT2D eigenvalue weighted by Crippen LogP contribution is 2.42. The molecule has 1 fully saturated rings. The number of hydrogen-bond donors (Lipinski definition) is 0. The van der Waals surface area contributed by atoms with Gasteiger partial charge in [-0.2, -0.15) is 18.4 Å². The predicted octanol–water partition coefficient (Wildman–Crippen LogP) is 3.91. The lowest BCUT2D eigenvalue weighted by molar-refractivity contribution is -0.137. The van der Waals surface area contributed by atoms with Crippen molar-refractivity contribution in [1.82, 2.24) is 9.88 Å². The molecule has 0 saturated carbocycles. The Kier molecular flexibility index (Phi) is 5.02. The summed E-state index contributed by atoms with van der Waals surface area (Å²) in [6, 6.07) is 6.62. The van der Waals surface area contributed by atoms with Gasteiger partial charge in [-0.05, 0) is 17.5 Å². The molecule has 1 saturated heterocycles. The molecule has 1 atom stereocenters. The summed E-state index contributed by atoms with van der Waals surface area (Å²) in [6.45, 7) is 1.75. The Bertz CT molecular complexity index is 785. The second-order valence-corrected chi connectivity index (χ2v) is 6.81. The molecule has 0 aliphatic carbocycles. The molecular formula is C16H13ClF3N3OS. The standard InChI is InChI=1S/C16H13ClF3N3OS/c17-12-8-11(16(18,19)20)9-22-14(12)15(10-21,13-2-1-7-25-13)23-3-5-24-6-4-23/h1-2,7-9H,3-6H2/t15-/m1/s1. The van der Waals surface area contributed by atoms with Gasteiger partial charge in [0.2, 0.25) is 0 Å². The quantitative estimate of drug-likeness (QED) is 0.801. The van der Waals surface area contributed by atoms with Gasteiger partial charge in [-0.15, -0.1) is 11.3 Å². The van der Waals surface area contributed by atoms with Crippen LogP contribution in [-0.4, -0.2) is 36.2 Å². The van der Waals surface area contributed by atoms with Crippen molar-refractivity contribution in [2.75, 3.05) is 26.3 Å². The maximum atomic E-state index is 12.9. The molecule has 1 aliphatic rings. The van der Waals surface area contributed by atoms with Crippen molar-refractivity contribution in [2.45, 2.75) is 11.7 Å². The van der Waals surface area contributed by atoms with Crippen LogP contribution in [0.25, 0.3) is 0 Å². The fourth-order valence-electron chi connectivity index (χ4n) is 2.84. The number of ether oxygens (including phenoxy) is 1. The zero-order chi connectivity index (χ0) is 18.1. The van der Waals surface area contributed by atoms with Crippen LogP contribution in [-0.2, 0) is 16.5 Å². The van der Waals surface area contributed by atoms with Crippen LogP contribution in [0.1, 0.15) is 16.1 Å². The van der Waals surface area contributed by atoms with Gasteiger partial charge in [0.25, 0.3) is 0 Å².